The van der Waals surface area contributed by atoms with Crippen LogP contribution in [0.4, 0.5) is 0 Å². The summed E-state index contributed by atoms with van der Waals surface area (Å²) in [6, 6.07) is 12.2. The Morgan fingerprint density at radius 2 is 2.15 bits per heavy atom. The molecule has 2 heterocycles. The fraction of sp³-hybridized carbons (Fsp3) is 0.471. The lowest BCUT2D eigenvalue weighted by atomic mass is 9.80. The molecule has 2 aromatic rings. The van der Waals surface area contributed by atoms with E-state index in [9.17, 15) is 5.11 Å². The molecular weight excluding hydrogens is 248 g/mol. The minimum Gasteiger partial charge on any atom is -0.389 e. The molecular formula is C17H22N2O. The summed E-state index contributed by atoms with van der Waals surface area (Å²) in [6.07, 6.45) is 2.85. The van der Waals surface area contributed by atoms with Gasteiger partial charge in [0, 0.05) is 30.0 Å². The molecule has 1 aromatic heterocycles. The van der Waals surface area contributed by atoms with Crippen LogP contribution in [0.25, 0.3) is 10.9 Å². The van der Waals surface area contributed by atoms with E-state index in [2.05, 4.69) is 22.4 Å². The minimum absolute atomic E-state index is 0.310. The van der Waals surface area contributed by atoms with E-state index in [1.54, 1.807) is 0 Å². The predicted molar refractivity (Wildman–Crippen MR) is 81.7 cm³/mol. The molecule has 3 nitrogen and oxygen atoms in total. The van der Waals surface area contributed by atoms with Crippen LogP contribution in [-0.2, 0) is 6.42 Å². The third-order valence-corrected chi connectivity index (χ3v) is 4.37. The molecule has 2 atom stereocenters. The van der Waals surface area contributed by atoms with Gasteiger partial charge in [0.05, 0.1) is 11.1 Å². The van der Waals surface area contributed by atoms with Crippen LogP contribution in [-0.4, -0.2) is 28.8 Å². The zero-order valence-electron chi connectivity index (χ0n) is 12.0. The number of aliphatic hydroxyl groups is 1. The summed E-state index contributed by atoms with van der Waals surface area (Å²) < 4.78 is 0. The monoisotopic (exact) mass is 270 g/mol. The fourth-order valence-electron chi connectivity index (χ4n) is 3.10. The Morgan fingerprint density at radius 3 is 2.95 bits per heavy atom. The first-order chi connectivity index (χ1) is 9.65. The Kier molecular flexibility index (Phi) is 3.72. The van der Waals surface area contributed by atoms with Gasteiger partial charge in [0.1, 0.15) is 0 Å². The van der Waals surface area contributed by atoms with Crippen molar-refractivity contribution in [2.24, 2.45) is 5.92 Å². The van der Waals surface area contributed by atoms with Crippen LogP contribution in [0.2, 0.25) is 0 Å². The number of aromatic nitrogens is 1. The summed E-state index contributed by atoms with van der Waals surface area (Å²) in [7, 11) is 0. The van der Waals surface area contributed by atoms with Crippen molar-refractivity contribution in [3.63, 3.8) is 0 Å². The van der Waals surface area contributed by atoms with Crippen molar-refractivity contribution < 1.29 is 5.11 Å². The number of benzene rings is 1. The summed E-state index contributed by atoms with van der Waals surface area (Å²) in [4.78, 5) is 4.67. The van der Waals surface area contributed by atoms with Crippen LogP contribution in [0.5, 0.6) is 0 Å². The normalized spacial score (nSPS) is 22.6. The number of piperidine rings is 1. The standard InChI is InChI=1S/C17H22N2O/c1-17(20,14-6-4-10-18-12-14)11-15-9-8-13-5-2-3-7-16(13)19-15/h2-3,5,7-9,14,18,20H,4,6,10-12H2,1H3. The van der Waals surface area contributed by atoms with E-state index in [0.29, 0.717) is 12.3 Å². The number of para-hydroxylation sites is 1. The van der Waals surface area contributed by atoms with Crippen molar-refractivity contribution in [1.29, 1.82) is 0 Å². The highest BCUT2D eigenvalue weighted by Gasteiger charge is 2.33. The molecule has 0 spiro atoms. The highest BCUT2D eigenvalue weighted by molar-refractivity contribution is 5.78. The molecule has 0 amide bonds. The fourth-order valence-corrected chi connectivity index (χ4v) is 3.10. The van der Waals surface area contributed by atoms with Crippen molar-refractivity contribution in [2.45, 2.75) is 31.8 Å². The molecule has 1 fully saturated rings. The molecule has 106 valence electrons. The summed E-state index contributed by atoms with van der Waals surface area (Å²) in [5.74, 6) is 0.310. The summed E-state index contributed by atoms with van der Waals surface area (Å²) >= 11 is 0. The average Bonchev–Trinajstić information content (AvgIpc) is 2.48. The SMILES string of the molecule is CC(O)(Cc1ccc2ccccc2n1)C1CCCNC1. The Hall–Kier alpha value is -1.45. The molecule has 0 radical (unpaired) electrons. The first-order valence-corrected chi connectivity index (χ1v) is 7.43. The largest absolute Gasteiger partial charge is 0.389 e. The maximum absolute atomic E-state index is 10.8. The van der Waals surface area contributed by atoms with E-state index >= 15 is 0 Å². The Labute approximate surface area is 120 Å². The van der Waals surface area contributed by atoms with Crippen LogP contribution in [0, 0.1) is 5.92 Å². The van der Waals surface area contributed by atoms with Crippen LogP contribution < -0.4 is 5.32 Å². The number of hydrogen-bond acceptors (Lipinski definition) is 3. The topological polar surface area (TPSA) is 45.2 Å². The third kappa shape index (κ3) is 2.84. The average molecular weight is 270 g/mol. The summed E-state index contributed by atoms with van der Waals surface area (Å²) in [5.41, 5.74) is 1.28. The van der Waals surface area contributed by atoms with Crippen molar-refractivity contribution in [2.75, 3.05) is 13.1 Å². The van der Waals surface area contributed by atoms with Crippen LogP contribution in [0.15, 0.2) is 36.4 Å². The quantitative estimate of drug-likeness (QED) is 0.901. The first-order valence-electron chi connectivity index (χ1n) is 7.43. The molecule has 0 saturated carbocycles. The van der Waals surface area contributed by atoms with Gasteiger partial charge >= 0.3 is 0 Å². The second-order valence-corrected chi connectivity index (χ2v) is 6.07. The van der Waals surface area contributed by atoms with Gasteiger partial charge in [0.2, 0.25) is 0 Å². The number of nitrogens with one attached hydrogen (secondary N) is 1. The van der Waals surface area contributed by atoms with Gasteiger partial charge in [-0.2, -0.15) is 0 Å². The van der Waals surface area contributed by atoms with Gasteiger partial charge < -0.3 is 10.4 Å². The molecule has 1 saturated heterocycles. The molecule has 1 aromatic carbocycles. The van der Waals surface area contributed by atoms with E-state index in [4.69, 9.17) is 0 Å². The first kappa shape index (κ1) is 13.5. The maximum Gasteiger partial charge on any atom is 0.0715 e. The molecule has 20 heavy (non-hydrogen) atoms. The van der Waals surface area contributed by atoms with Gasteiger partial charge in [-0.3, -0.25) is 4.98 Å². The number of fused-ring (bicyclic) bond motifs is 1. The Morgan fingerprint density at radius 1 is 1.30 bits per heavy atom. The third-order valence-electron chi connectivity index (χ3n) is 4.37. The van der Waals surface area contributed by atoms with Crippen LogP contribution >= 0.6 is 0 Å². The Bertz CT molecular complexity index is 588. The van der Waals surface area contributed by atoms with E-state index < -0.39 is 5.60 Å². The van der Waals surface area contributed by atoms with Gasteiger partial charge in [-0.1, -0.05) is 24.3 Å². The van der Waals surface area contributed by atoms with E-state index in [0.717, 1.165) is 42.5 Å². The van der Waals surface area contributed by atoms with Gasteiger partial charge in [0.15, 0.2) is 0 Å². The molecule has 2 N–H and O–H groups in total. The number of rotatable bonds is 3. The Balaban J connectivity index is 1.80. The summed E-state index contributed by atoms with van der Waals surface area (Å²) in [5, 5.41) is 15.3. The van der Waals surface area contributed by atoms with Gasteiger partial charge in [-0.25, -0.2) is 0 Å². The lowest BCUT2D eigenvalue weighted by molar-refractivity contribution is -0.0109. The van der Waals surface area contributed by atoms with Crippen LogP contribution in [0.1, 0.15) is 25.5 Å². The maximum atomic E-state index is 10.8. The van der Waals surface area contributed by atoms with Crippen molar-refractivity contribution in [3.05, 3.63) is 42.1 Å². The second kappa shape index (κ2) is 5.51. The zero-order chi connectivity index (χ0) is 14.0. The minimum atomic E-state index is -0.692. The summed E-state index contributed by atoms with van der Waals surface area (Å²) in [6.45, 7) is 3.92. The second-order valence-electron chi connectivity index (χ2n) is 6.07. The molecule has 2 unspecified atom stereocenters. The van der Waals surface area contributed by atoms with Gasteiger partial charge in [-0.05, 0) is 38.4 Å². The van der Waals surface area contributed by atoms with Gasteiger partial charge in [-0.15, -0.1) is 0 Å². The molecule has 0 aliphatic carbocycles. The van der Waals surface area contributed by atoms with E-state index in [1.165, 1.54) is 0 Å². The number of hydrogen-bond donors (Lipinski definition) is 2. The lowest BCUT2D eigenvalue weighted by Crippen LogP contribution is -2.45. The molecule has 0 bridgehead atoms. The van der Waals surface area contributed by atoms with E-state index in [1.807, 2.05) is 31.2 Å². The predicted octanol–water partition coefficient (Wildman–Crippen LogP) is 2.53. The molecule has 3 rings (SSSR count). The highest BCUT2D eigenvalue weighted by Crippen LogP contribution is 2.27. The van der Waals surface area contributed by atoms with Crippen molar-refractivity contribution in [3.8, 4) is 0 Å². The van der Waals surface area contributed by atoms with Crippen molar-refractivity contribution >= 4 is 10.9 Å². The highest BCUT2D eigenvalue weighted by atomic mass is 16.3. The van der Waals surface area contributed by atoms with E-state index in [-0.39, 0.29) is 0 Å². The smallest absolute Gasteiger partial charge is 0.0715 e. The number of nitrogens with zero attached hydrogens (tertiary/aromatic N) is 1. The van der Waals surface area contributed by atoms with Crippen molar-refractivity contribution in [1.82, 2.24) is 10.3 Å². The lowest BCUT2D eigenvalue weighted by Gasteiger charge is -2.35. The molecule has 3 heteroatoms. The molecule has 1 aliphatic heterocycles. The molecule has 1 aliphatic rings. The van der Waals surface area contributed by atoms with Crippen LogP contribution in [0.3, 0.4) is 0 Å². The number of pyridine rings is 1. The van der Waals surface area contributed by atoms with Gasteiger partial charge in [0.25, 0.3) is 0 Å². The zero-order valence-corrected chi connectivity index (χ0v) is 12.0.